The quantitative estimate of drug-likeness (QED) is 0.907. The summed E-state index contributed by atoms with van der Waals surface area (Å²) in [6.45, 7) is -0.136. The van der Waals surface area contributed by atoms with E-state index in [1.165, 1.54) is 0 Å². The summed E-state index contributed by atoms with van der Waals surface area (Å²) in [7, 11) is 0. The number of nitrogens with one attached hydrogen (secondary N) is 1. The van der Waals surface area contributed by atoms with Crippen molar-refractivity contribution in [2.24, 2.45) is 5.41 Å². The predicted octanol–water partition coefficient (Wildman–Crippen LogP) is 2.75. The number of anilines is 1. The van der Waals surface area contributed by atoms with E-state index in [2.05, 4.69) is 11.4 Å². The van der Waals surface area contributed by atoms with Crippen LogP contribution in [-0.4, -0.2) is 21.6 Å². The summed E-state index contributed by atoms with van der Waals surface area (Å²) < 4.78 is 1.61. The van der Waals surface area contributed by atoms with Crippen LogP contribution in [0.1, 0.15) is 25.7 Å². The van der Waals surface area contributed by atoms with Gasteiger partial charge in [-0.3, -0.25) is 9.59 Å². The van der Waals surface area contributed by atoms with Gasteiger partial charge in [0.25, 0.3) is 0 Å². The maximum Gasteiger partial charge on any atom is 0.323 e. The largest absolute Gasteiger partial charge is 0.480 e. The molecule has 2 N–H and O–H groups in total. The van der Waals surface area contributed by atoms with Crippen molar-refractivity contribution in [3.63, 3.8) is 0 Å². The number of fused-ring (bicyclic) bond motifs is 1. The topological polar surface area (TPSA) is 95.1 Å². The maximum absolute atomic E-state index is 12.6. The molecule has 0 saturated heterocycles. The average Bonchev–Trinajstić information content (AvgIpc) is 3.15. The number of carbonyl (C=O) groups is 2. The molecule has 1 aromatic carbocycles. The number of rotatable bonds is 4. The molecular formula is C17H17N3O3. The zero-order valence-electron chi connectivity index (χ0n) is 12.6. The number of carboxylic acid groups (broad SMARTS) is 1. The van der Waals surface area contributed by atoms with Crippen molar-refractivity contribution >= 4 is 28.5 Å². The highest BCUT2D eigenvalue weighted by molar-refractivity contribution is 6.04. The molecule has 1 fully saturated rings. The first kappa shape index (κ1) is 15.1. The van der Waals surface area contributed by atoms with Gasteiger partial charge in [-0.15, -0.1) is 0 Å². The van der Waals surface area contributed by atoms with Crippen molar-refractivity contribution in [3.8, 4) is 6.07 Å². The molecule has 1 amide bonds. The van der Waals surface area contributed by atoms with Crippen molar-refractivity contribution in [3.05, 3.63) is 30.5 Å². The number of aliphatic carboxylic acids is 1. The third-order valence-corrected chi connectivity index (χ3v) is 4.47. The Kier molecular flexibility index (Phi) is 3.78. The van der Waals surface area contributed by atoms with E-state index in [-0.39, 0.29) is 12.5 Å². The second kappa shape index (κ2) is 5.76. The van der Waals surface area contributed by atoms with Crippen LogP contribution in [0, 0.1) is 16.7 Å². The number of carboxylic acids is 1. The number of nitrogens with zero attached hydrogens (tertiary/aromatic N) is 2. The molecule has 2 aromatic rings. The third kappa shape index (κ3) is 2.66. The normalized spacial score (nSPS) is 16.1. The molecule has 1 aliphatic rings. The monoisotopic (exact) mass is 311 g/mol. The Morgan fingerprint density at radius 1 is 1.30 bits per heavy atom. The van der Waals surface area contributed by atoms with Gasteiger partial charge < -0.3 is 15.0 Å². The summed E-state index contributed by atoms with van der Waals surface area (Å²) >= 11 is 0. The van der Waals surface area contributed by atoms with Crippen molar-refractivity contribution in [1.29, 1.82) is 5.26 Å². The minimum atomic E-state index is -0.939. The average molecular weight is 311 g/mol. The van der Waals surface area contributed by atoms with E-state index in [0.29, 0.717) is 18.5 Å². The molecule has 0 unspecified atom stereocenters. The summed E-state index contributed by atoms with van der Waals surface area (Å²) in [5.41, 5.74) is 0.409. The number of aromatic nitrogens is 1. The molecule has 6 nitrogen and oxygen atoms in total. The lowest BCUT2D eigenvalue weighted by atomic mass is 9.87. The van der Waals surface area contributed by atoms with E-state index in [9.17, 15) is 14.9 Å². The van der Waals surface area contributed by atoms with Gasteiger partial charge in [-0.1, -0.05) is 18.9 Å². The van der Waals surface area contributed by atoms with Gasteiger partial charge in [0.2, 0.25) is 5.91 Å². The fourth-order valence-electron chi connectivity index (χ4n) is 3.23. The Balaban J connectivity index is 1.92. The van der Waals surface area contributed by atoms with Gasteiger partial charge in [-0.2, -0.15) is 5.26 Å². The van der Waals surface area contributed by atoms with Crippen LogP contribution >= 0.6 is 0 Å². The van der Waals surface area contributed by atoms with Crippen LogP contribution in [0.25, 0.3) is 10.9 Å². The summed E-state index contributed by atoms with van der Waals surface area (Å²) in [4.78, 5) is 23.5. The highest BCUT2D eigenvalue weighted by atomic mass is 16.4. The SMILES string of the molecule is N#CC1(C(=O)Nc2cccc3c2ccn3CC(=O)O)CCCC1. The number of nitriles is 1. The van der Waals surface area contributed by atoms with Gasteiger partial charge in [-0.25, -0.2) is 0 Å². The summed E-state index contributed by atoms with van der Waals surface area (Å²) in [6.07, 6.45) is 4.64. The lowest BCUT2D eigenvalue weighted by Gasteiger charge is -2.19. The van der Waals surface area contributed by atoms with Crippen LogP contribution in [0.4, 0.5) is 5.69 Å². The molecule has 118 valence electrons. The third-order valence-electron chi connectivity index (χ3n) is 4.47. The Hall–Kier alpha value is -2.81. The van der Waals surface area contributed by atoms with E-state index < -0.39 is 11.4 Å². The lowest BCUT2D eigenvalue weighted by Crippen LogP contribution is -2.32. The Bertz CT molecular complexity index is 810. The maximum atomic E-state index is 12.6. The molecule has 0 radical (unpaired) electrons. The van der Waals surface area contributed by atoms with Gasteiger partial charge in [0, 0.05) is 11.6 Å². The van der Waals surface area contributed by atoms with E-state index in [1.807, 2.05) is 6.07 Å². The predicted molar refractivity (Wildman–Crippen MR) is 84.7 cm³/mol. The van der Waals surface area contributed by atoms with Crippen LogP contribution in [-0.2, 0) is 16.1 Å². The van der Waals surface area contributed by atoms with Crippen LogP contribution < -0.4 is 5.32 Å². The van der Waals surface area contributed by atoms with Crippen molar-refractivity contribution in [1.82, 2.24) is 4.57 Å². The highest BCUT2D eigenvalue weighted by Crippen LogP contribution is 2.39. The molecule has 0 atom stereocenters. The number of hydrogen-bond acceptors (Lipinski definition) is 3. The number of benzene rings is 1. The van der Waals surface area contributed by atoms with Crippen molar-refractivity contribution in [2.45, 2.75) is 32.2 Å². The Morgan fingerprint density at radius 2 is 2.04 bits per heavy atom. The first-order chi connectivity index (χ1) is 11.1. The standard InChI is InChI=1S/C17H17N3O3/c18-11-17(7-1-2-8-17)16(23)19-13-4-3-5-14-12(13)6-9-20(14)10-15(21)22/h3-6,9H,1-2,7-8,10H2,(H,19,23)(H,21,22). The fourth-order valence-corrected chi connectivity index (χ4v) is 3.23. The molecule has 0 aliphatic heterocycles. The van der Waals surface area contributed by atoms with Gasteiger partial charge in [0.15, 0.2) is 0 Å². The summed E-state index contributed by atoms with van der Waals surface area (Å²) in [5.74, 6) is -1.19. The van der Waals surface area contributed by atoms with Crippen molar-refractivity contribution < 1.29 is 14.7 Å². The van der Waals surface area contributed by atoms with Crippen LogP contribution in [0.5, 0.6) is 0 Å². The fraction of sp³-hybridized carbons (Fsp3) is 0.353. The molecule has 1 heterocycles. The zero-order chi connectivity index (χ0) is 16.4. The minimum absolute atomic E-state index is 0.136. The van der Waals surface area contributed by atoms with E-state index in [4.69, 9.17) is 5.11 Å². The van der Waals surface area contributed by atoms with Gasteiger partial charge >= 0.3 is 5.97 Å². The van der Waals surface area contributed by atoms with Crippen LogP contribution in [0.2, 0.25) is 0 Å². The van der Waals surface area contributed by atoms with E-state index >= 15 is 0 Å². The molecule has 6 heteroatoms. The second-order valence-electron chi connectivity index (χ2n) is 5.93. The molecule has 1 saturated carbocycles. The van der Waals surface area contributed by atoms with Crippen LogP contribution in [0.15, 0.2) is 30.5 Å². The number of hydrogen-bond donors (Lipinski definition) is 2. The summed E-state index contributed by atoms with van der Waals surface area (Å²) in [5, 5.41) is 22.0. The molecule has 1 aromatic heterocycles. The molecule has 0 bridgehead atoms. The Morgan fingerprint density at radius 3 is 2.70 bits per heavy atom. The second-order valence-corrected chi connectivity index (χ2v) is 5.93. The van der Waals surface area contributed by atoms with E-state index in [0.717, 1.165) is 23.7 Å². The van der Waals surface area contributed by atoms with Crippen LogP contribution in [0.3, 0.4) is 0 Å². The number of amides is 1. The lowest BCUT2D eigenvalue weighted by molar-refractivity contribution is -0.137. The van der Waals surface area contributed by atoms with Gasteiger partial charge in [-0.05, 0) is 31.0 Å². The van der Waals surface area contributed by atoms with E-state index in [1.54, 1.807) is 29.0 Å². The Labute approximate surface area is 133 Å². The molecule has 1 aliphatic carbocycles. The zero-order valence-corrected chi connectivity index (χ0v) is 12.6. The molecule has 3 rings (SSSR count). The number of carbonyl (C=O) groups excluding carboxylic acids is 1. The minimum Gasteiger partial charge on any atom is -0.480 e. The van der Waals surface area contributed by atoms with Gasteiger partial charge in [0.1, 0.15) is 12.0 Å². The first-order valence-electron chi connectivity index (χ1n) is 7.58. The van der Waals surface area contributed by atoms with Crippen molar-refractivity contribution in [2.75, 3.05) is 5.32 Å². The smallest absolute Gasteiger partial charge is 0.323 e. The molecule has 0 spiro atoms. The highest BCUT2D eigenvalue weighted by Gasteiger charge is 2.41. The summed E-state index contributed by atoms with van der Waals surface area (Å²) in [6, 6.07) is 9.31. The van der Waals surface area contributed by atoms with Gasteiger partial charge in [0.05, 0.1) is 17.3 Å². The molecular weight excluding hydrogens is 294 g/mol. The molecule has 23 heavy (non-hydrogen) atoms. The first-order valence-corrected chi connectivity index (χ1v) is 7.58.